The smallest absolute Gasteiger partial charge is 0.325 e. The summed E-state index contributed by atoms with van der Waals surface area (Å²) in [7, 11) is 0. The Morgan fingerprint density at radius 2 is 1.74 bits per heavy atom. The predicted octanol–water partition coefficient (Wildman–Crippen LogP) is 2.55. The quantitative estimate of drug-likeness (QED) is 0.386. The number of nitrogens with zero attached hydrogens (tertiary/aromatic N) is 1. The van der Waals surface area contributed by atoms with Crippen molar-refractivity contribution in [2.75, 3.05) is 18.5 Å². The van der Waals surface area contributed by atoms with Crippen LogP contribution in [0.5, 0.6) is 0 Å². The van der Waals surface area contributed by atoms with Gasteiger partial charge >= 0.3 is 11.7 Å². The summed E-state index contributed by atoms with van der Waals surface area (Å²) in [6.07, 6.45) is 6.27. The van der Waals surface area contributed by atoms with Gasteiger partial charge in [0.05, 0.1) is 4.92 Å². The summed E-state index contributed by atoms with van der Waals surface area (Å²) in [5, 5.41) is 15.7. The number of nitro benzene ring substituents is 1. The third-order valence-corrected chi connectivity index (χ3v) is 6.70. The number of nitro groups is 1. The predicted molar refractivity (Wildman–Crippen MR) is 106 cm³/mol. The maximum atomic E-state index is 13.3. The number of esters is 1. The van der Waals surface area contributed by atoms with E-state index < -0.39 is 34.9 Å². The monoisotopic (exact) mass is 433 g/mol. The second kappa shape index (κ2) is 8.24. The van der Waals surface area contributed by atoms with Gasteiger partial charge in [0.15, 0.2) is 6.61 Å². The first-order chi connectivity index (χ1) is 14.7. The summed E-state index contributed by atoms with van der Waals surface area (Å²) in [5.41, 5.74) is -1.14. The number of amides is 2. The number of benzene rings is 1. The minimum absolute atomic E-state index is 0.00395. The molecule has 0 aromatic heterocycles. The largest absolute Gasteiger partial charge is 0.454 e. The lowest BCUT2D eigenvalue weighted by Crippen LogP contribution is -2.54. The fourth-order valence-corrected chi connectivity index (χ4v) is 5.85. The Kier molecular flexibility index (Phi) is 5.63. The third-order valence-electron chi connectivity index (χ3n) is 6.70. The Morgan fingerprint density at radius 1 is 1.13 bits per heavy atom. The van der Waals surface area contributed by atoms with Crippen LogP contribution in [0.3, 0.4) is 0 Å². The van der Waals surface area contributed by atoms with Crippen molar-refractivity contribution in [2.24, 2.45) is 23.2 Å². The highest BCUT2D eigenvalue weighted by Crippen LogP contribution is 2.60. The molecule has 1 aromatic rings. The molecule has 5 rings (SSSR count). The molecule has 2 amide bonds. The number of hydrogen-bond donors (Lipinski definition) is 2. The van der Waals surface area contributed by atoms with E-state index in [9.17, 15) is 28.9 Å². The second-order valence-corrected chi connectivity index (χ2v) is 9.01. The zero-order valence-corrected chi connectivity index (χ0v) is 16.9. The highest BCUT2D eigenvalue weighted by atomic mass is 19.1. The van der Waals surface area contributed by atoms with E-state index in [2.05, 4.69) is 10.6 Å². The fraction of sp³-hybridized carbons (Fsp3) is 0.571. The van der Waals surface area contributed by atoms with E-state index in [0.717, 1.165) is 37.5 Å². The molecule has 10 heteroatoms. The van der Waals surface area contributed by atoms with Crippen LogP contribution in [0.15, 0.2) is 18.2 Å². The minimum atomic E-state index is -1.02. The van der Waals surface area contributed by atoms with E-state index in [0.29, 0.717) is 17.8 Å². The van der Waals surface area contributed by atoms with Crippen molar-refractivity contribution in [1.82, 2.24) is 5.32 Å². The summed E-state index contributed by atoms with van der Waals surface area (Å²) in [5.74, 6) is -0.796. The molecule has 166 valence electrons. The van der Waals surface area contributed by atoms with Crippen molar-refractivity contribution >= 4 is 29.2 Å². The van der Waals surface area contributed by atoms with Crippen LogP contribution < -0.4 is 10.6 Å². The third kappa shape index (κ3) is 4.52. The Hall–Kier alpha value is -3.04. The summed E-state index contributed by atoms with van der Waals surface area (Å²) < 4.78 is 18.2. The average molecular weight is 433 g/mol. The number of ether oxygens (including phenoxy) is 1. The Labute approximate surface area is 177 Å². The van der Waals surface area contributed by atoms with Gasteiger partial charge in [0.25, 0.3) is 5.91 Å². The lowest BCUT2D eigenvalue weighted by molar-refractivity contribution is -0.387. The second-order valence-electron chi connectivity index (χ2n) is 9.01. The first-order valence-electron chi connectivity index (χ1n) is 10.4. The molecule has 0 spiro atoms. The molecule has 4 fully saturated rings. The first kappa shape index (κ1) is 21.2. The number of carbonyl (C=O) groups excluding carboxylic acids is 3. The van der Waals surface area contributed by atoms with Crippen molar-refractivity contribution in [2.45, 2.75) is 38.5 Å². The van der Waals surface area contributed by atoms with Crippen LogP contribution in [-0.4, -0.2) is 35.9 Å². The van der Waals surface area contributed by atoms with Gasteiger partial charge in [0.2, 0.25) is 11.7 Å². The summed E-state index contributed by atoms with van der Waals surface area (Å²) >= 11 is 0. The molecular weight excluding hydrogens is 409 g/mol. The molecule has 0 aliphatic heterocycles. The fourth-order valence-electron chi connectivity index (χ4n) is 5.85. The average Bonchev–Trinajstić information content (AvgIpc) is 2.70. The lowest BCUT2D eigenvalue weighted by Gasteiger charge is -2.55. The minimum Gasteiger partial charge on any atom is -0.454 e. The molecular formula is C21H24FN3O6. The molecule has 4 aliphatic rings. The van der Waals surface area contributed by atoms with Crippen molar-refractivity contribution in [3.63, 3.8) is 0 Å². The van der Waals surface area contributed by atoms with E-state index in [1.807, 2.05) is 0 Å². The van der Waals surface area contributed by atoms with Crippen molar-refractivity contribution in [3.8, 4) is 0 Å². The first-order valence-corrected chi connectivity index (χ1v) is 10.4. The van der Waals surface area contributed by atoms with Gasteiger partial charge in [-0.2, -0.15) is 4.39 Å². The number of rotatable bonds is 7. The standard InChI is InChI=1S/C21H24FN3O6/c22-16-2-1-15(6-17(16)25(29)30)24-18(26)11-31-19(27)10-23-20(28)21-7-12-3-13(8-21)5-14(4-12)9-21/h1-2,6,12-14H,3-5,7-11H2,(H,23,28)(H,24,26). The number of carbonyl (C=O) groups is 3. The summed E-state index contributed by atoms with van der Waals surface area (Å²) in [6, 6.07) is 2.90. The SMILES string of the molecule is O=C(COC(=O)CNC(=O)C12CC3CC(CC(C3)C1)C2)Nc1ccc(F)c([N+](=O)[O-])c1. The molecule has 9 nitrogen and oxygen atoms in total. The van der Waals surface area contributed by atoms with Gasteiger partial charge in [0, 0.05) is 17.2 Å². The van der Waals surface area contributed by atoms with E-state index in [-0.39, 0.29) is 23.6 Å². The van der Waals surface area contributed by atoms with Gasteiger partial charge < -0.3 is 15.4 Å². The highest BCUT2D eigenvalue weighted by molar-refractivity contribution is 5.93. The van der Waals surface area contributed by atoms with E-state index in [1.54, 1.807) is 0 Å². The van der Waals surface area contributed by atoms with Gasteiger partial charge in [0.1, 0.15) is 6.54 Å². The van der Waals surface area contributed by atoms with Crippen LogP contribution in [0.1, 0.15) is 38.5 Å². The normalized spacial score (nSPS) is 28.1. The Bertz CT molecular complexity index is 898. The zero-order valence-electron chi connectivity index (χ0n) is 16.9. The molecule has 0 heterocycles. The van der Waals surface area contributed by atoms with Crippen LogP contribution >= 0.6 is 0 Å². The Morgan fingerprint density at radius 3 is 2.32 bits per heavy atom. The van der Waals surface area contributed by atoms with Gasteiger partial charge in [-0.25, -0.2) is 0 Å². The van der Waals surface area contributed by atoms with Gasteiger partial charge in [-0.15, -0.1) is 0 Å². The number of halogens is 1. The highest BCUT2D eigenvalue weighted by Gasteiger charge is 2.54. The summed E-state index contributed by atoms with van der Waals surface area (Å²) in [4.78, 5) is 46.5. The number of hydrogen-bond acceptors (Lipinski definition) is 6. The van der Waals surface area contributed by atoms with Crippen LogP contribution in [0, 0.1) is 39.1 Å². The molecule has 1 aromatic carbocycles. The van der Waals surface area contributed by atoms with Crippen molar-refractivity contribution < 1.29 is 28.4 Å². The van der Waals surface area contributed by atoms with Gasteiger partial charge in [-0.3, -0.25) is 24.5 Å². The maximum Gasteiger partial charge on any atom is 0.325 e. The topological polar surface area (TPSA) is 128 Å². The van der Waals surface area contributed by atoms with Crippen LogP contribution in [0.4, 0.5) is 15.8 Å². The van der Waals surface area contributed by atoms with E-state index in [4.69, 9.17) is 4.74 Å². The van der Waals surface area contributed by atoms with Gasteiger partial charge in [-0.1, -0.05) is 0 Å². The van der Waals surface area contributed by atoms with Crippen LogP contribution in [-0.2, 0) is 19.1 Å². The van der Waals surface area contributed by atoms with E-state index in [1.165, 1.54) is 19.3 Å². The van der Waals surface area contributed by atoms with Crippen LogP contribution in [0.2, 0.25) is 0 Å². The maximum absolute atomic E-state index is 13.3. The van der Waals surface area contributed by atoms with E-state index >= 15 is 0 Å². The molecule has 2 N–H and O–H groups in total. The molecule has 4 aliphatic carbocycles. The van der Waals surface area contributed by atoms with Gasteiger partial charge in [-0.05, 0) is 68.4 Å². The molecule has 0 unspecified atom stereocenters. The molecule has 4 saturated carbocycles. The molecule has 0 radical (unpaired) electrons. The molecule has 0 saturated heterocycles. The number of anilines is 1. The van der Waals surface area contributed by atoms with Crippen molar-refractivity contribution in [3.05, 3.63) is 34.1 Å². The van der Waals surface area contributed by atoms with Crippen LogP contribution in [0.25, 0.3) is 0 Å². The number of nitrogens with one attached hydrogen (secondary N) is 2. The molecule has 31 heavy (non-hydrogen) atoms. The van der Waals surface area contributed by atoms with Crippen molar-refractivity contribution in [1.29, 1.82) is 0 Å². The Balaban J connectivity index is 1.23. The molecule has 4 bridgehead atoms. The summed E-state index contributed by atoms with van der Waals surface area (Å²) in [6.45, 7) is -0.951. The lowest BCUT2D eigenvalue weighted by atomic mass is 9.49. The molecule has 0 atom stereocenters. The zero-order chi connectivity index (χ0) is 22.2.